The van der Waals surface area contributed by atoms with E-state index in [1.165, 1.54) is 17.4 Å². The van der Waals surface area contributed by atoms with Gasteiger partial charge in [0, 0.05) is 5.39 Å². The number of sulfone groups is 1. The van der Waals surface area contributed by atoms with Crippen molar-refractivity contribution in [1.29, 1.82) is 0 Å². The quantitative estimate of drug-likeness (QED) is 0.851. The summed E-state index contributed by atoms with van der Waals surface area (Å²) in [6.45, 7) is 5.43. The highest BCUT2D eigenvalue weighted by atomic mass is 32.2. The molecule has 0 spiro atoms. The second-order valence-electron chi connectivity index (χ2n) is 8.61. The number of fused-ring (bicyclic) bond motifs is 1. The number of aryl methyl sites for hydroxylation is 1. The van der Waals surface area contributed by atoms with E-state index in [1.54, 1.807) is 0 Å². The molecule has 1 aliphatic carbocycles. The van der Waals surface area contributed by atoms with Gasteiger partial charge >= 0.3 is 0 Å². The number of hydrogen-bond donors (Lipinski definition) is 1. The number of H-pyrrole nitrogens is 1. The van der Waals surface area contributed by atoms with Gasteiger partial charge in [0.15, 0.2) is 9.84 Å². The average Bonchev–Trinajstić information content (AvgIpc) is 3.00. The summed E-state index contributed by atoms with van der Waals surface area (Å²) in [5, 5.41) is 8.23. The monoisotopic (exact) mass is 362 g/mol. The number of benzene rings is 1. The van der Waals surface area contributed by atoms with Crippen molar-refractivity contribution in [3.63, 3.8) is 0 Å². The molecule has 4 nitrogen and oxygen atoms in total. The van der Waals surface area contributed by atoms with Gasteiger partial charge in [-0.15, -0.1) is 0 Å². The molecule has 138 valence electrons. The second-order valence-corrected chi connectivity index (χ2v) is 11.4. The number of hydrogen-bond acceptors (Lipinski definition) is 3. The van der Waals surface area contributed by atoms with Gasteiger partial charge in [0.2, 0.25) is 0 Å². The van der Waals surface area contributed by atoms with E-state index >= 15 is 0 Å². The van der Waals surface area contributed by atoms with Gasteiger partial charge in [-0.1, -0.05) is 18.9 Å². The SMILES string of the molecule is CC(C)(C)S(=O)(=O)CC1CCC(CCc2ccc3[nH]ncc3c2)CC1. The molecule has 3 rings (SSSR count). The topological polar surface area (TPSA) is 62.8 Å². The van der Waals surface area contributed by atoms with Gasteiger partial charge in [-0.2, -0.15) is 5.10 Å². The Kier molecular flexibility index (Phi) is 5.24. The highest BCUT2D eigenvalue weighted by molar-refractivity contribution is 7.92. The summed E-state index contributed by atoms with van der Waals surface area (Å²) in [6, 6.07) is 6.51. The molecule has 0 saturated heterocycles. The summed E-state index contributed by atoms with van der Waals surface area (Å²) in [4.78, 5) is 0. The Morgan fingerprint density at radius 1 is 1.12 bits per heavy atom. The van der Waals surface area contributed by atoms with Crippen LogP contribution in [0.2, 0.25) is 0 Å². The van der Waals surface area contributed by atoms with Gasteiger partial charge in [0.25, 0.3) is 0 Å². The fraction of sp³-hybridized carbons (Fsp3) is 0.650. The summed E-state index contributed by atoms with van der Waals surface area (Å²) in [5.41, 5.74) is 2.45. The van der Waals surface area contributed by atoms with Crippen LogP contribution < -0.4 is 0 Å². The third-order valence-corrected chi connectivity index (χ3v) is 8.48. The minimum atomic E-state index is -2.99. The first-order valence-electron chi connectivity index (χ1n) is 9.39. The predicted octanol–water partition coefficient (Wildman–Crippen LogP) is 4.52. The van der Waals surface area contributed by atoms with E-state index in [-0.39, 0.29) is 0 Å². The molecule has 1 aromatic carbocycles. The molecule has 2 aromatic rings. The van der Waals surface area contributed by atoms with Gasteiger partial charge in [0.1, 0.15) is 0 Å². The van der Waals surface area contributed by atoms with Crippen molar-refractivity contribution >= 4 is 20.7 Å². The standard InChI is InChI=1S/C20H30N2O2S/c1-20(2,3)25(23,24)14-17-8-5-15(6-9-17)4-7-16-10-11-19-18(12-16)13-21-22-19/h10-13,15,17H,4-9,14H2,1-3H3,(H,21,22). The zero-order valence-electron chi connectivity index (χ0n) is 15.6. The van der Waals surface area contributed by atoms with Crippen molar-refractivity contribution in [3.8, 4) is 0 Å². The van der Waals surface area contributed by atoms with Crippen molar-refractivity contribution in [2.24, 2.45) is 11.8 Å². The van der Waals surface area contributed by atoms with E-state index < -0.39 is 14.6 Å². The first-order valence-corrected chi connectivity index (χ1v) is 11.0. The smallest absolute Gasteiger partial charge is 0.155 e. The fourth-order valence-corrected chi connectivity index (χ4v) is 5.22. The van der Waals surface area contributed by atoms with Gasteiger partial charge in [-0.25, -0.2) is 8.42 Å². The van der Waals surface area contributed by atoms with Crippen LogP contribution in [-0.2, 0) is 16.3 Å². The van der Waals surface area contributed by atoms with Crippen molar-refractivity contribution in [2.45, 2.75) is 64.0 Å². The van der Waals surface area contributed by atoms with Crippen LogP contribution in [0.15, 0.2) is 24.4 Å². The molecular formula is C20H30N2O2S. The molecule has 0 aliphatic heterocycles. The van der Waals surface area contributed by atoms with E-state index in [1.807, 2.05) is 27.0 Å². The summed E-state index contributed by atoms with van der Waals surface area (Å²) < 4.78 is 24.2. The van der Waals surface area contributed by atoms with Gasteiger partial charge in [-0.3, -0.25) is 5.10 Å². The molecule has 1 aliphatic rings. The number of nitrogens with zero attached hydrogens (tertiary/aromatic N) is 1. The van der Waals surface area contributed by atoms with Gasteiger partial charge in [0.05, 0.1) is 22.2 Å². The molecule has 5 heteroatoms. The molecule has 0 amide bonds. The Morgan fingerprint density at radius 3 is 2.48 bits per heavy atom. The maximum Gasteiger partial charge on any atom is 0.155 e. The molecule has 0 unspecified atom stereocenters. The van der Waals surface area contributed by atoms with Crippen LogP contribution in [0.4, 0.5) is 0 Å². The van der Waals surface area contributed by atoms with Crippen molar-refractivity contribution in [3.05, 3.63) is 30.0 Å². The highest BCUT2D eigenvalue weighted by Crippen LogP contribution is 2.34. The van der Waals surface area contributed by atoms with E-state index in [2.05, 4.69) is 28.4 Å². The van der Waals surface area contributed by atoms with Crippen LogP contribution >= 0.6 is 0 Å². The third kappa shape index (κ3) is 4.43. The minimum Gasteiger partial charge on any atom is -0.278 e. The van der Waals surface area contributed by atoms with Crippen LogP contribution in [-0.4, -0.2) is 29.1 Å². The molecule has 1 heterocycles. The van der Waals surface area contributed by atoms with E-state index in [0.717, 1.165) is 43.5 Å². The Balaban J connectivity index is 1.48. The Hall–Kier alpha value is -1.36. The lowest BCUT2D eigenvalue weighted by Crippen LogP contribution is -2.34. The first kappa shape index (κ1) is 18.4. The zero-order valence-corrected chi connectivity index (χ0v) is 16.4. The molecule has 0 atom stereocenters. The predicted molar refractivity (Wildman–Crippen MR) is 103 cm³/mol. The zero-order chi connectivity index (χ0) is 18.1. The van der Waals surface area contributed by atoms with Crippen LogP contribution in [0.3, 0.4) is 0 Å². The summed E-state index contributed by atoms with van der Waals surface area (Å²) in [6.07, 6.45) is 8.61. The van der Waals surface area contributed by atoms with Crippen molar-refractivity contribution in [2.75, 3.05) is 5.75 Å². The fourth-order valence-electron chi connectivity index (χ4n) is 3.77. The molecule has 1 aromatic heterocycles. The molecular weight excluding hydrogens is 332 g/mol. The largest absolute Gasteiger partial charge is 0.278 e. The third-order valence-electron chi connectivity index (χ3n) is 5.70. The van der Waals surface area contributed by atoms with Crippen LogP contribution in [0.5, 0.6) is 0 Å². The number of aromatic nitrogens is 2. The summed E-state index contributed by atoms with van der Waals surface area (Å²) in [7, 11) is -2.99. The molecule has 1 N–H and O–H groups in total. The van der Waals surface area contributed by atoms with E-state index in [4.69, 9.17) is 0 Å². The van der Waals surface area contributed by atoms with Gasteiger partial charge in [-0.05, 0) is 76.0 Å². The molecule has 1 fully saturated rings. The average molecular weight is 363 g/mol. The molecule has 1 saturated carbocycles. The van der Waals surface area contributed by atoms with Crippen LogP contribution in [0, 0.1) is 11.8 Å². The van der Waals surface area contributed by atoms with Crippen LogP contribution in [0.25, 0.3) is 10.9 Å². The molecule has 0 bridgehead atoms. The Labute approximate surface area is 151 Å². The maximum absolute atomic E-state index is 12.4. The Bertz CT molecular complexity index is 810. The Morgan fingerprint density at radius 2 is 1.80 bits per heavy atom. The van der Waals surface area contributed by atoms with Crippen molar-refractivity contribution < 1.29 is 8.42 Å². The lowest BCUT2D eigenvalue weighted by molar-refractivity contribution is 0.278. The van der Waals surface area contributed by atoms with E-state index in [0.29, 0.717) is 11.7 Å². The number of aromatic amines is 1. The van der Waals surface area contributed by atoms with Crippen LogP contribution in [0.1, 0.15) is 58.4 Å². The highest BCUT2D eigenvalue weighted by Gasteiger charge is 2.33. The van der Waals surface area contributed by atoms with Crippen molar-refractivity contribution in [1.82, 2.24) is 10.2 Å². The number of rotatable bonds is 5. The lowest BCUT2D eigenvalue weighted by Gasteiger charge is -2.30. The minimum absolute atomic E-state index is 0.350. The molecule has 25 heavy (non-hydrogen) atoms. The second kappa shape index (κ2) is 7.10. The molecule has 0 radical (unpaired) electrons. The summed E-state index contributed by atoms with van der Waals surface area (Å²) >= 11 is 0. The summed E-state index contributed by atoms with van der Waals surface area (Å²) in [5.74, 6) is 1.44. The first-order chi connectivity index (χ1) is 11.7. The number of nitrogens with one attached hydrogen (secondary N) is 1. The van der Waals surface area contributed by atoms with E-state index in [9.17, 15) is 8.42 Å². The lowest BCUT2D eigenvalue weighted by atomic mass is 9.80. The maximum atomic E-state index is 12.4. The normalized spacial score (nSPS) is 22.4. The van der Waals surface area contributed by atoms with Gasteiger partial charge < -0.3 is 0 Å².